The molecule has 1 aromatic carbocycles. The van der Waals surface area contributed by atoms with Crippen molar-refractivity contribution >= 4 is 0 Å². The minimum Gasteiger partial charge on any atom is -0.394 e. The topological polar surface area (TPSA) is 191 Å². The van der Waals surface area contributed by atoms with Crippen molar-refractivity contribution in [2.75, 3.05) is 13.2 Å². The molecule has 12 heteroatoms. The Morgan fingerprint density at radius 3 is 2.40 bits per heavy atom. The molecule has 0 saturated carbocycles. The summed E-state index contributed by atoms with van der Waals surface area (Å²) >= 11 is 0. The lowest BCUT2D eigenvalue weighted by molar-refractivity contribution is -0.306. The summed E-state index contributed by atoms with van der Waals surface area (Å²) in [5.74, 6) is 0. The normalized spacial score (nSPS) is 30.0. The summed E-state index contributed by atoms with van der Waals surface area (Å²) in [7, 11) is 0. The van der Waals surface area contributed by atoms with E-state index in [0.717, 1.165) is 0 Å². The molecule has 0 bridgehead atoms. The van der Waals surface area contributed by atoms with Crippen molar-refractivity contribution in [2.24, 2.45) is 0 Å². The Hall–Kier alpha value is -2.00. The molecular formula is C18H25N3O9. The van der Waals surface area contributed by atoms with E-state index in [1.165, 1.54) is 11.0 Å². The Morgan fingerprint density at radius 2 is 1.73 bits per heavy atom. The molecule has 0 amide bonds. The van der Waals surface area contributed by atoms with E-state index in [-0.39, 0.29) is 5.69 Å². The van der Waals surface area contributed by atoms with Crippen LogP contribution in [0.25, 0.3) is 5.69 Å². The molecular weight excluding hydrogens is 402 g/mol. The quantitative estimate of drug-likeness (QED) is 0.225. The molecule has 0 aliphatic carbocycles. The van der Waals surface area contributed by atoms with E-state index in [1.807, 2.05) is 6.07 Å². The zero-order valence-electron chi connectivity index (χ0n) is 15.8. The van der Waals surface area contributed by atoms with Gasteiger partial charge in [-0.15, -0.1) is 0 Å². The predicted molar refractivity (Wildman–Crippen MR) is 98.1 cm³/mol. The molecule has 166 valence electrons. The average molecular weight is 427 g/mol. The van der Waals surface area contributed by atoms with Gasteiger partial charge in [0.05, 0.1) is 25.1 Å². The molecule has 1 fully saturated rings. The first-order chi connectivity index (χ1) is 14.3. The van der Waals surface area contributed by atoms with E-state index in [1.54, 1.807) is 24.3 Å². The molecule has 1 saturated heterocycles. The van der Waals surface area contributed by atoms with E-state index < -0.39 is 62.2 Å². The first-order valence-electron chi connectivity index (χ1n) is 9.27. The smallest absolute Gasteiger partial charge is 0.186 e. The Balaban J connectivity index is 1.58. The van der Waals surface area contributed by atoms with Crippen LogP contribution in [-0.4, -0.2) is 107 Å². The van der Waals surface area contributed by atoms with Gasteiger partial charge >= 0.3 is 0 Å². The third-order valence-corrected chi connectivity index (χ3v) is 4.80. The molecule has 7 N–H and O–H groups in total. The second-order valence-electron chi connectivity index (χ2n) is 6.93. The molecule has 1 aliphatic rings. The summed E-state index contributed by atoms with van der Waals surface area (Å²) < 4.78 is 10.3. The number of rotatable bonds is 8. The van der Waals surface area contributed by atoms with E-state index >= 15 is 0 Å². The molecule has 0 radical (unpaired) electrons. The van der Waals surface area contributed by atoms with Crippen LogP contribution in [0, 0.1) is 0 Å². The molecule has 3 rings (SSSR count). The number of benzene rings is 1. The van der Waals surface area contributed by atoms with Gasteiger partial charge in [-0.2, -0.15) is 15.0 Å². The zero-order valence-corrected chi connectivity index (χ0v) is 15.8. The largest absolute Gasteiger partial charge is 0.394 e. The fourth-order valence-corrected chi connectivity index (χ4v) is 2.98. The Bertz CT molecular complexity index is 790. The first-order valence-corrected chi connectivity index (χ1v) is 9.27. The fourth-order valence-electron chi connectivity index (χ4n) is 2.98. The van der Waals surface area contributed by atoms with Gasteiger partial charge in [-0.05, 0) is 12.1 Å². The Kier molecular flexibility index (Phi) is 7.46. The summed E-state index contributed by atoms with van der Waals surface area (Å²) in [4.78, 5) is 1.25. The number of aromatic nitrogens is 3. The highest BCUT2D eigenvalue weighted by Gasteiger charge is 2.44. The van der Waals surface area contributed by atoms with Crippen molar-refractivity contribution in [1.29, 1.82) is 0 Å². The molecule has 1 aliphatic heterocycles. The van der Waals surface area contributed by atoms with Crippen molar-refractivity contribution in [1.82, 2.24) is 15.0 Å². The summed E-state index contributed by atoms with van der Waals surface area (Å²) in [6.45, 7) is -1.22. The maximum atomic E-state index is 10.3. The van der Waals surface area contributed by atoms with Crippen molar-refractivity contribution in [3.63, 3.8) is 0 Å². The minimum absolute atomic E-state index is 0.0123. The lowest BCUT2D eigenvalue weighted by Gasteiger charge is -2.40. The first kappa shape index (κ1) is 22.7. The second kappa shape index (κ2) is 9.87. The van der Waals surface area contributed by atoms with Crippen LogP contribution in [0.5, 0.6) is 0 Å². The molecule has 8 atom stereocenters. The highest BCUT2D eigenvalue weighted by atomic mass is 16.7. The molecule has 0 spiro atoms. The highest BCUT2D eigenvalue weighted by molar-refractivity contribution is 5.28. The third-order valence-electron chi connectivity index (χ3n) is 4.80. The number of hydrogen-bond donors (Lipinski definition) is 7. The summed E-state index contributed by atoms with van der Waals surface area (Å²) in [5, 5.41) is 77.3. The lowest BCUT2D eigenvalue weighted by atomic mass is 9.99. The van der Waals surface area contributed by atoms with Gasteiger partial charge < -0.3 is 45.2 Å². The van der Waals surface area contributed by atoms with E-state index in [9.17, 15) is 30.6 Å². The number of nitrogens with zero attached hydrogens (tertiary/aromatic N) is 3. The Labute approximate surface area is 171 Å². The molecule has 0 unspecified atom stereocenters. The van der Waals surface area contributed by atoms with Crippen LogP contribution in [0.15, 0.2) is 36.5 Å². The maximum Gasteiger partial charge on any atom is 0.186 e. The predicted octanol–water partition coefficient (Wildman–Crippen LogP) is -3.16. The van der Waals surface area contributed by atoms with Crippen LogP contribution in [0.1, 0.15) is 11.8 Å². The van der Waals surface area contributed by atoms with Crippen molar-refractivity contribution in [3.8, 4) is 5.69 Å². The number of aliphatic hydroxyl groups excluding tert-OH is 7. The van der Waals surface area contributed by atoms with Gasteiger partial charge in [-0.1, -0.05) is 18.2 Å². The maximum absolute atomic E-state index is 10.3. The van der Waals surface area contributed by atoms with Gasteiger partial charge in [-0.3, -0.25) is 0 Å². The Morgan fingerprint density at radius 1 is 1.03 bits per heavy atom. The monoisotopic (exact) mass is 427 g/mol. The van der Waals surface area contributed by atoms with Gasteiger partial charge in [0.1, 0.15) is 48.4 Å². The van der Waals surface area contributed by atoms with Crippen LogP contribution in [-0.2, 0) is 9.47 Å². The molecule has 1 aromatic heterocycles. The van der Waals surface area contributed by atoms with E-state index in [4.69, 9.17) is 14.6 Å². The van der Waals surface area contributed by atoms with Gasteiger partial charge in [0, 0.05) is 0 Å². The van der Waals surface area contributed by atoms with E-state index in [2.05, 4.69) is 10.2 Å². The van der Waals surface area contributed by atoms with Crippen LogP contribution in [0.4, 0.5) is 0 Å². The minimum atomic E-state index is -1.71. The average Bonchev–Trinajstić information content (AvgIpc) is 3.26. The summed E-state index contributed by atoms with van der Waals surface area (Å²) in [5.41, 5.74) is 0.648. The van der Waals surface area contributed by atoms with Gasteiger partial charge in [-0.25, -0.2) is 0 Å². The van der Waals surface area contributed by atoms with Gasteiger partial charge in [0.15, 0.2) is 6.29 Å². The van der Waals surface area contributed by atoms with Crippen LogP contribution >= 0.6 is 0 Å². The van der Waals surface area contributed by atoms with Crippen molar-refractivity contribution < 1.29 is 45.2 Å². The van der Waals surface area contributed by atoms with Crippen molar-refractivity contribution in [2.45, 2.75) is 49.0 Å². The number of aliphatic hydroxyl groups is 7. The zero-order chi connectivity index (χ0) is 21.8. The number of ether oxygens (including phenoxy) is 2. The standard InChI is InChI=1S/C18H25N3O9/c22-7-12-15(26)16(27)17(28)18(30-12)29-8-11(23)14(25)13(24)10-6-19-21(20-10)9-4-2-1-3-5-9/h1-6,11-18,22-28H,7-8H2/t11-,12+,13-,14-,15-,16-,17-,18+/m1/s1. The molecule has 2 heterocycles. The van der Waals surface area contributed by atoms with E-state index in [0.29, 0.717) is 5.69 Å². The summed E-state index contributed by atoms with van der Waals surface area (Å²) in [6, 6.07) is 8.87. The summed E-state index contributed by atoms with van der Waals surface area (Å²) in [6.07, 6.45) is -11.2. The SMILES string of the molecule is OC[C@@H]1O[C@H](OC[C@@H](O)[C@@H](O)[C@H](O)c2cnn(-c3ccccc3)n2)[C@H](O)[C@H](O)[C@@H]1O. The molecule has 12 nitrogen and oxygen atoms in total. The fraction of sp³-hybridized carbons (Fsp3) is 0.556. The molecule has 2 aromatic rings. The van der Waals surface area contributed by atoms with Gasteiger partial charge in [0.2, 0.25) is 0 Å². The van der Waals surface area contributed by atoms with Crippen LogP contribution in [0.3, 0.4) is 0 Å². The highest BCUT2D eigenvalue weighted by Crippen LogP contribution is 2.23. The number of hydrogen-bond acceptors (Lipinski definition) is 11. The third kappa shape index (κ3) is 4.83. The number of para-hydroxylation sites is 1. The van der Waals surface area contributed by atoms with Crippen LogP contribution < -0.4 is 0 Å². The van der Waals surface area contributed by atoms with Crippen LogP contribution in [0.2, 0.25) is 0 Å². The molecule has 30 heavy (non-hydrogen) atoms. The van der Waals surface area contributed by atoms with Crippen molar-refractivity contribution in [3.05, 3.63) is 42.2 Å². The lowest BCUT2D eigenvalue weighted by Crippen LogP contribution is -2.59. The van der Waals surface area contributed by atoms with Gasteiger partial charge in [0.25, 0.3) is 0 Å². The second-order valence-corrected chi connectivity index (χ2v) is 6.93.